The molecule has 2 heterocycles. The van der Waals surface area contributed by atoms with Gasteiger partial charge in [0.05, 0.1) is 12.2 Å². The van der Waals surface area contributed by atoms with E-state index in [0.29, 0.717) is 11.8 Å². The Morgan fingerprint density at radius 2 is 1.43 bits per heavy atom. The van der Waals surface area contributed by atoms with E-state index < -0.39 is 0 Å². The normalized spacial score (nSPS) is 31.0. The second-order valence-corrected chi connectivity index (χ2v) is 6.61. The van der Waals surface area contributed by atoms with Crippen LogP contribution in [0.15, 0.2) is 48.6 Å². The highest BCUT2D eigenvalue weighted by Gasteiger charge is 2.50. The fourth-order valence-electron chi connectivity index (χ4n) is 4.43. The smallest absolute Gasteiger partial charge is 0.0840 e. The van der Waals surface area contributed by atoms with Crippen LogP contribution in [-0.4, -0.2) is 12.2 Å². The number of aryl methyl sites for hydroxylation is 2. The van der Waals surface area contributed by atoms with E-state index in [4.69, 9.17) is 4.74 Å². The van der Waals surface area contributed by atoms with Gasteiger partial charge in [-0.25, -0.2) is 0 Å². The number of hydrogen-bond acceptors (Lipinski definition) is 1. The summed E-state index contributed by atoms with van der Waals surface area (Å²) in [6.45, 7) is 4.43. The van der Waals surface area contributed by atoms with Gasteiger partial charge < -0.3 is 4.74 Å². The Hall–Kier alpha value is -1.86. The third kappa shape index (κ3) is 1.40. The largest absolute Gasteiger partial charge is 0.366 e. The molecule has 4 unspecified atom stereocenters. The van der Waals surface area contributed by atoms with Crippen molar-refractivity contribution in [1.29, 1.82) is 0 Å². The van der Waals surface area contributed by atoms with Crippen molar-refractivity contribution in [1.82, 2.24) is 0 Å². The molecule has 2 aromatic carbocycles. The Labute approximate surface area is 125 Å². The van der Waals surface area contributed by atoms with Crippen LogP contribution in [0.25, 0.3) is 11.1 Å². The lowest BCUT2D eigenvalue weighted by Gasteiger charge is -2.34. The minimum atomic E-state index is 0.259. The summed E-state index contributed by atoms with van der Waals surface area (Å²) in [5, 5.41) is 0. The van der Waals surface area contributed by atoms with E-state index in [0.717, 1.165) is 0 Å². The Balaban J connectivity index is 1.86. The van der Waals surface area contributed by atoms with E-state index >= 15 is 0 Å². The van der Waals surface area contributed by atoms with Crippen LogP contribution in [0, 0.1) is 13.8 Å². The molecule has 0 saturated carbocycles. The highest BCUT2D eigenvalue weighted by Crippen LogP contribution is 2.57. The van der Waals surface area contributed by atoms with Gasteiger partial charge in [-0.15, -0.1) is 0 Å². The molecule has 2 bridgehead atoms. The van der Waals surface area contributed by atoms with Gasteiger partial charge in [-0.1, -0.05) is 48.6 Å². The molecule has 2 aromatic rings. The molecule has 0 N–H and O–H groups in total. The number of ether oxygens (including phenoxy) is 1. The van der Waals surface area contributed by atoms with Crippen molar-refractivity contribution in [2.45, 2.75) is 37.9 Å². The van der Waals surface area contributed by atoms with E-state index in [1.54, 1.807) is 0 Å². The minimum Gasteiger partial charge on any atom is -0.366 e. The molecule has 0 aromatic heterocycles. The molecule has 5 rings (SSSR count). The molecule has 1 aliphatic carbocycles. The van der Waals surface area contributed by atoms with Crippen molar-refractivity contribution in [3.05, 3.63) is 70.8 Å². The van der Waals surface area contributed by atoms with Crippen molar-refractivity contribution in [3.63, 3.8) is 0 Å². The maximum Gasteiger partial charge on any atom is 0.0840 e. The second kappa shape index (κ2) is 3.86. The van der Waals surface area contributed by atoms with E-state index in [1.807, 2.05) is 0 Å². The van der Waals surface area contributed by atoms with E-state index in [2.05, 4.69) is 62.4 Å². The molecule has 21 heavy (non-hydrogen) atoms. The van der Waals surface area contributed by atoms with Gasteiger partial charge in [-0.05, 0) is 47.2 Å². The monoisotopic (exact) mass is 274 g/mol. The minimum absolute atomic E-state index is 0.259. The van der Waals surface area contributed by atoms with Crippen molar-refractivity contribution >= 4 is 0 Å². The quantitative estimate of drug-likeness (QED) is 0.643. The van der Waals surface area contributed by atoms with E-state index in [1.165, 1.54) is 33.4 Å². The van der Waals surface area contributed by atoms with Crippen molar-refractivity contribution in [3.8, 4) is 11.1 Å². The van der Waals surface area contributed by atoms with Gasteiger partial charge in [0.15, 0.2) is 0 Å². The number of hydrogen-bond donors (Lipinski definition) is 0. The highest BCUT2D eigenvalue weighted by atomic mass is 16.5. The highest BCUT2D eigenvalue weighted by molar-refractivity contribution is 5.77. The molecule has 104 valence electrons. The Morgan fingerprint density at radius 1 is 0.762 bits per heavy atom. The molecule has 0 spiro atoms. The first-order valence-corrected chi connectivity index (χ1v) is 7.78. The standard InChI is InChI=1S/C20H18O/c1-11-9-15-13-5-3-4-6-14(13)19-17-7-8-18(21-17)20(19)16(15)10-12(11)2/h3-10,17-20H,1-2H3. The molecular formula is C20H18O. The van der Waals surface area contributed by atoms with Crippen LogP contribution in [0.4, 0.5) is 0 Å². The van der Waals surface area contributed by atoms with Crippen LogP contribution in [-0.2, 0) is 4.74 Å². The molecule has 1 fully saturated rings. The van der Waals surface area contributed by atoms with Crippen LogP contribution in [0.5, 0.6) is 0 Å². The zero-order valence-electron chi connectivity index (χ0n) is 12.3. The van der Waals surface area contributed by atoms with Crippen LogP contribution in [0.3, 0.4) is 0 Å². The van der Waals surface area contributed by atoms with Crippen LogP contribution in [0.1, 0.15) is 34.1 Å². The number of rotatable bonds is 0. The molecule has 1 saturated heterocycles. The van der Waals surface area contributed by atoms with Gasteiger partial charge in [0.25, 0.3) is 0 Å². The summed E-state index contributed by atoms with van der Waals surface area (Å²) in [5.41, 5.74) is 8.54. The molecule has 4 atom stereocenters. The number of fused-ring (bicyclic) bond motifs is 10. The summed E-state index contributed by atoms with van der Waals surface area (Å²) >= 11 is 0. The Kier molecular flexibility index (Phi) is 2.16. The van der Waals surface area contributed by atoms with E-state index in [-0.39, 0.29) is 12.2 Å². The second-order valence-electron chi connectivity index (χ2n) is 6.61. The first kappa shape index (κ1) is 11.8. The summed E-state index contributed by atoms with van der Waals surface area (Å²) in [6, 6.07) is 13.7. The lowest BCUT2D eigenvalue weighted by molar-refractivity contribution is 0.113. The van der Waals surface area contributed by atoms with Gasteiger partial charge in [0.1, 0.15) is 0 Å². The molecule has 2 aliphatic heterocycles. The Morgan fingerprint density at radius 3 is 2.24 bits per heavy atom. The fourth-order valence-corrected chi connectivity index (χ4v) is 4.43. The predicted octanol–water partition coefficient (Wildman–Crippen LogP) is 4.49. The summed E-state index contributed by atoms with van der Waals surface area (Å²) in [6.07, 6.45) is 5.04. The van der Waals surface area contributed by atoms with Gasteiger partial charge in [0, 0.05) is 11.8 Å². The molecule has 3 aliphatic rings. The van der Waals surface area contributed by atoms with Crippen molar-refractivity contribution in [2.24, 2.45) is 0 Å². The third-order valence-corrected chi connectivity index (χ3v) is 5.53. The molecule has 0 radical (unpaired) electrons. The average molecular weight is 274 g/mol. The summed E-state index contributed by atoms with van der Waals surface area (Å²) < 4.78 is 6.19. The fraction of sp³-hybridized carbons (Fsp3) is 0.300. The van der Waals surface area contributed by atoms with Crippen LogP contribution >= 0.6 is 0 Å². The van der Waals surface area contributed by atoms with Crippen molar-refractivity contribution < 1.29 is 4.74 Å². The predicted molar refractivity (Wildman–Crippen MR) is 84.6 cm³/mol. The maximum absolute atomic E-state index is 6.19. The number of benzene rings is 2. The third-order valence-electron chi connectivity index (χ3n) is 5.53. The molecule has 0 amide bonds. The van der Waals surface area contributed by atoms with Gasteiger partial charge in [0.2, 0.25) is 0 Å². The zero-order valence-corrected chi connectivity index (χ0v) is 12.3. The van der Waals surface area contributed by atoms with Crippen LogP contribution in [0.2, 0.25) is 0 Å². The summed E-state index contributed by atoms with van der Waals surface area (Å²) in [4.78, 5) is 0. The SMILES string of the molecule is Cc1cc2c(cc1C)C1C3C=CC(O3)C1c1ccccc1-2. The van der Waals surface area contributed by atoms with E-state index in [9.17, 15) is 0 Å². The zero-order chi connectivity index (χ0) is 14.1. The van der Waals surface area contributed by atoms with Crippen molar-refractivity contribution in [2.75, 3.05) is 0 Å². The molecule has 1 heteroatoms. The van der Waals surface area contributed by atoms with Gasteiger partial charge in [-0.3, -0.25) is 0 Å². The molecule has 1 nitrogen and oxygen atoms in total. The molecular weight excluding hydrogens is 256 g/mol. The maximum atomic E-state index is 6.19. The topological polar surface area (TPSA) is 9.23 Å². The summed E-state index contributed by atoms with van der Waals surface area (Å²) in [7, 11) is 0. The Bertz CT molecular complexity index is 786. The van der Waals surface area contributed by atoms with Gasteiger partial charge >= 0.3 is 0 Å². The first-order chi connectivity index (χ1) is 10.2. The lowest BCUT2D eigenvalue weighted by Crippen LogP contribution is -2.25. The average Bonchev–Trinajstić information content (AvgIpc) is 3.11. The first-order valence-electron chi connectivity index (χ1n) is 7.78. The summed E-state index contributed by atoms with van der Waals surface area (Å²) in [5.74, 6) is 0.981. The lowest BCUT2D eigenvalue weighted by atomic mass is 9.67. The van der Waals surface area contributed by atoms with Gasteiger partial charge in [-0.2, -0.15) is 0 Å². The van der Waals surface area contributed by atoms with Crippen LogP contribution < -0.4 is 0 Å².